The summed E-state index contributed by atoms with van der Waals surface area (Å²) < 4.78 is 21.6. The number of hydrogen-bond acceptors (Lipinski definition) is 4. The van der Waals surface area contributed by atoms with Crippen LogP contribution in [0.4, 0.5) is 4.39 Å². The fraction of sp³-hybridized carbons (Fsp3) is 0.524. The molecule has 1 aromatic heterocycles. The first kappa shape index (κ1) is 19.1. The van der Waals surface area contributed by atoms with E-state index in [1.165, 1.54) is 6.07 Å². The number of fused-ring (bicyclic) bond motifs is 1. The summed E-state index contributed by atoms with van der Waals surface area (Å²) in [6.45, 7) is 4.66. The van der Waals surface area contributed by atoms with Crippen LogP contribution in [0.1, 0.15) is 36.2 Å². The van der Waals surface area contributed by atoms with Gasteiger partial charge in [-0.25, -0.2) is 4.39 Å². The Morgan fingerprint density at radius 1 is 1.32 bits per heavy atom. The average Bonchev–Trinajstić information content (AvgIpc) is 3.24. The summed E-state index contributed by atoms with van der Waals surface area (Å²) in [5.41, 5.74) is 2.77. The number of carbonyl (C=O) groups is 1. The predicted molar refractivity (Wildman–Crippen MR) is 102 cm³/mol. The lowest BCUT2D eigenvalue weighted by molar-refractivity contribution is -0.136. The van der Waals surface area contributed by atoms with E-state index in [0.29, 0.717) is 19.6 Å². The predicted octanol–water partition coefficient (Wildman–Crippen LogP) is 2.60. The van der Waals surface area contributed by atoms with E-state index >= 15 is 0 Å². The molecule has 1 saturated heterocycles. The fourth-order valence-corrected chi connectivity index (χ4v) is 4.38. The smallest absolute Gasteiger partial charge is 0.303 e. The second-order valence-corrected chi connectivity index (χ2v) is 7.90. The molecule has 1 aromatic carbocycles. The molecule has 1 N–H and O–H groups in total. The zero-order valence-electron chi connectivity index (χ0n) is 15.9. The van der Waals surface area contributed by atoms with Gasteiger partial charge < -0.3 is 9.84 Å². The highest BCUT2D eigenvalue weighted by molar-refractivity contribution is 5.66. The Balaban J connectivity index is 1.52. The molecule has 1 fully saturated rings. The van der Waals surface area contributed by atoms with Gasteiger partial charge in [-0.1, -0.05) is 12.1 Å². The molecule has 3 heterocycles. The lowest BCUT2D eigenvalue weighted by atomic mass is 9.79. The number of aryl methyl sites for hydroxylation is 2. The number of aromatic nitrogens is 2. The Kier molecular flexibility index (Phi) is 5.46. The van der Waals surface area contributed by atoms with E-state index in [-0.39, 0.29) is 17.7 Å². The molecule has 0 saturated carbocycles. The Hall–Kier alpha value is -2.25. The van der Waals surface area contributed by atoms with Crippen molar-refractivity contribution in [2.45, 2.75) is 44.2 Å². The van der Waals surface area contributed by atoms with E-state index in [1.54, 1.807) is 12.1 Å². The molecule has 0 radical (unpaired) electrons. The van der Waals surface area contributed by atoms with E-state index < -0.39 is 5.97 Å². The van der Waals surface area contributed by atoms with Crippen molar-refractivity contribution in [1.29, 1.82) is 0 Å². The summed E-state index contributed by atoms with van der Waals surface area (Å²) >= 11 is 0. The van der Waals surface area contributed by atoms with Gasteiger partial charge >= 0.3 is 5.97 Å². The van der Waals surface area contributed by atoms with Gasteiger partial charge in [0.2, 0.25) is 0 Å². The molecule has 2 aromatic rings. The van der Waals surface area contributed by atoms with E-state index in [0.717, 1.165) is 56.0 Å². The largest absolute Gasteiger partial charge is 0.481 e. The lowest BCUT2D eigenvalue weighted by Crippen LogP contribution is -2.41. The van der Waals surface area contributed by atoms with E-state index in [2.05, 4.69) is 10.00 Å². The summed E-state index contributed by atoms with van der Waals surface area (Å²) in [4.78, 5) is 13.2. The molecule has 1 unspecified atom stereocenters. The molecule has 0 bridgehead atoms. The maximum absolute atomic E-state index is 13.9. The van der Waals surface area contributed by atoms with Gasteiger partial charge in [0, 0.05) is 44.6 Å². The van der Waals surface area contributed by atoms with Crippen LogP contribution in [0.5, 0.6) is 0 Å². The monoisotopic (exact) mass is 387 g/mol. The van der Waals surface area contributed by atoms with Crippen LogP contribution in [-0.4, -0.2) is 52.1 Å². The third-order valence-corrected chi connectivity index (χ3v) is 5.81. The molecule has 150 valence electrons. The van der Waals surface area contributed by atoms with Crippen molar-refractivity contribution in [3.8, 4) is 0 Å². The number of hydrogen-bond donors (Lipinski definition) is 1. The second kappa shape index (κ2) is 8.01. The van der Waals surface area contributed by atoms with E-state index in [4.69, 9.17) is 9.84 Å². The van der Waals surface area contributed by atoms with Gasteiger partial charge in [-0.2, -0.15) is 5.10 Å². The highest BCUT2D eigenvalue weighted by atomic mass is 19.1. The maximum atomic E-state index is 13.9. The molecule has 6 nitrogen and oxygen atoms in total. The van der Waals surface area contributed by atoms with E-state index in [1.807, 2.05) is 16.8 Å². The van der Waals surface area contributed by atoms with Crippen molar-refractivity contribution in [2.24, 2.45) is 0 Å². The van der Waals surface area contributed by atoms with Gasteiger partial charge in [-0.3, -0.25) is 14.4 Å². The number of benzene rings is 1. The molecule has 7 heteroatoms. The summed E-state index contributed by atoms with van der Waals surface area (Å²) in [7, 11) is 0. The standard InChI is InChI=1S/C21H26FN3O3/c22-17-4-1-3-16(11-17)21(7-10-28-15-21)14-24-8-2-9-25-19(13-24)12-18(23-25)5-6-20(26)27/h1,3-4,11-12H,2,5-10,13-15H2,(H,26,27). The number of ether oxygens (including phenoxy) is 1. The summed E-state index contributed by atoms with van der Waals surface area (Å²) in [5.74, 6) is -1.01. The minimum atomic E-state index is -0.803. The molecule has 0 amide bonds. The topological polar surface area (TPSA) is 67.6 Å². The number of halogens is 1. The Morgan fingerprint density at radius 2 is 2.21 bits per heavy atom. The van der Waals surface area contributed by atoms with Gasteiger partial charge in [-0.15, -0.1) is 0 Å². The van der Waals surface area contributed by atoms with Gasteiger partial charge in [0.25, 0.3) is 0 Å². The van der Waals surface area contributed by atoms with Crippen LogP contribution in [0.15, 0.2) is 30.3 Å². The first-order chi connectivity index (χ1) is 13.5. The number of aliphatic carboxylic acids is 1. The normalized spacial score (nSPS) is 22.8. The zero-order chi connectivity index (χ0) is 19.6. The Bertz CT molecular complexity index is 845. The van der Waals surface area contributed by atoms with Gasteiger partial charge in [0.15, 0.2) is 0 Å². The molecule has 2 aliphatic heterocycles. The van der Waals surface area contributed by atoms with Crippen LogP contribution in [0.25, 0.3) is 0 Å². The van der Waals surface area contributed by atoms with Crippen molar-refractivity contribution in [1.82, 2.24) is 14.7 Å². The van der Waals surface area contributed by atoms with Crippen molar-refractivity contribution in [2.75, 3.05) is 26.3 Å². The zero-order valence-corrected chi connectivity index (χ0v) is 15.9. The minimum Gasteiger partial charge on any atom is -0.481 e. The third-order valence-electron chi connectivity index (χ3n) is 5.81. The first-order valence-corrected chi connectivity index (χ1v) is 9.88. The molecule has 0 spiro atoms. The highest BCUT2D eigenvalue weighted by Crippen LogP contribution is 2.35. The van der Waals surface area contributed by atoms with Crippen LogP contribution in [0, 0.1) is 5.82 Å². The second-order valence-electron chi connectivity index (χ2n) is 7.90. The molecule has 1 atom stereocenters. The van der Waals surface area contributed by atoms with Gasteiger partial charge in [0.1, 0.15) is 5.82 Å². The van der Waals surface area contributed by atoms with Crippen LogP contribution in [0.3, 0.4) is 0 Å². The molecule has 0 aliphatic carbocycles. The Labute approximate surface area is 163 Å². The molecular formula is C21H26FN3O3. The SMILES string of the molecule is O=C(O)CCc1cc2n(n1)CCCN(CC1(c3cccc(F)c3)CCOC1)C2. The summed E-state index contributed by atoms with van der Waals surface area (Å²) in [6.07, 6.45) is 2.42. The van der Waals surface area contributed by atoms with Crippen LogP contribution < -0.4 is 0 Å². The molecule has 4 rings (SSSR count). The number of nitrogens with zero attached hydrogens (tertiary/aromatic N) is 3. The van der Waals surface area contributed by atoms with Crippen molar-refractivity contribution >= 4 is 5.97 Å². The molecule has 2 aliphatic rings. The van der Waals surface area contributed by atoms with Crippen LogP contribution >= 0.6 is 0 Å². The van der Waals surface area contributed by atoms with Crippen molar-refractivity contribution in [3.63, 3.8) is 0 Å². The highest BCUT2D eigenvalue weighted by Gasteiger charge is 2.39. The molecule has 28 heavy (non-hydrogen) atoms. The fourth-order valence-electron chi connectivity index (χ4n) is 4.38. The maximum Gasteiger partial charge on any atom is 0.303 e. The summed E-state index contributed by atoms with van der Waals surface area (Å²) in [6, 6.07) is 8.93. The third kappa shape index (κ3) is 4.10. The average molecular weight is 387 g/mol. The van der Waals surface area contributed by atoms with Crippen LogP contribution in [0.2, 0.25) is 0 Å². The number of carboxylic acids is 1. The number of carboxylic acid groups (broad SMARTS) is 1. The van der Waals surface area contributed by atoms with Gasteiger partial charge in [-0.05, 0) is 36.6 Å². The Morgan fingerprint density at radius 3 is 2.96 bits per heavy atom. The summed E-state index contributed by atoms with van der Waals surface area (Å²) in [5, 5.41) is 13.5. The quantitative estimate of drug-likeness (QED) is 0.825. The number of rotatable bonds is 6. The van der Waals surface area contributed by atoms with Gasteiger partial charge in [0.05, 0.1) is 24.4 Å². The van der Waals surface area contributed by atoms with Crippen LogP contribution in [-0.2, 0) is 34.5 Å². The lowest BCUT2D eigenvalue weighted by Gasteiger charge is -2.34. The van der Waals surface area contributed by atoms with E-state index in [9.17, 15) is 9.18 Å². The van der Waals surface area contributed by atoms with Crippen molar-refractivity contribution < 1.29 is 19.0 Å². The minimum absolute atomic E-state index is 0.0974. The first-order valence-electron chi connectivity index (χ1n) is 9.88. The van der Waals surface area contributed by atoms with Crippen molar-refractivity contribution in [3.05, 3.63) is 53.1 Å². The molecular weight excluding hydrogens is 361 g/mol.